The number of para-hydroxylation sites is 1. The van der Waals surface area contributed by atoms with Gasteiger partial charge in [-0.3, -0.25) is 4.90 Å². The van der Waals surface area contributed by atoms with Crippen molar-refractivity contribution >= 4 is 5.69 Å². The molecular formula is C26H28F2N2O. The first-order chi connectivity index (χ1) is 15.2. The molecule has 1 aliphatic heterocycles. The van der Waals surface area contributed by atoms with Crippen molar-refractivity contribution in [1.29, 1.82) is 0 Å². The van der Waals surface area contributed by atoms with E-state index in [0.717, 1.165) is 49.4 Å². The van der Waals surface area contributed by atoms with Gasteiger partial charge < -0.3 is 10.1 Å². The molecule has 0 bridgehead atoms. The molecule has 0 amide bonds. The molecule has 0 aliphatic carbocycles. The summed E-state index contributed by atoms with van der Waals surface area (Å²) in [5, 5.41) is 3.57. The largest absolute Gasteiger partial charge is 0.494 e. The maximum atomic E-state index is 13.5. The predicted molar refractivity (Wildman–Crippen MR) is 120 cm³/mol. The van der Waals surface area contributed by atoms with E-state index < -0.39 is 0 Å². The fourth-order valence-electron chi connectivity index (χ4n) is 4.28. The number of nitrogens with zero attached hydrogens (tertiary/aromatic N) is 1. The lowest BCUT2D eigenvalue weighted by Gasteiger charge is -2.33. The third-order valence-electron chi connectivity index (χ3n) is 5.80. The summed E-state index contributed by atoms with van der Waals surface area (Å²) >= 11 is 0. The summed E-state index contributed by atoms with van der Waals surface area (Å²) in [6.45, 7) is 2.62. The molecular weight excluding hydrogens is 394 g/mol. The Morgan fingerprint density at radius 2 is 1.58 bits per heavy atom. The summed E-state index contributed by atoms with van der Waals surface area (Å²) in [5.74, 6) is 0.387. The van der Waals surface area contributed by atoms with Crippen LogP contribution in [0.2, 0.25) is 0 Å². The van der Waals surface area contributed by atoms with Crippen LogP contribution in [-0.2, 0) is 0 Å². The van der Waals surface area contributed by atoms with Gasteiger partial charge in [-0.25, -0.2) is 8.78 Å². The smallest absolute Gasteiger partial charge is 0.123 e. The molecule has 1 N–H and O–H groups in total. The van der Waals surface area contributed by atoms with Gasteiger partial charge in [-0.2, -0.15) is 0 Å². The van der Waals surface area contributed by atoms with Crippen LogP contribution in [0.25, 0.3) is 0 Å². The zero-order valence-electron chi connectivity index (χ0n) is 17.5. The van der Waals surface area contributed by atoms with Crippen LogP contribution >= 0.6 is 0 Å². The number of hydrogen-bond acceptors (Lipinski definition) is 3. The number of benzene rings is 3. The Kier molecular flexibility index (Phi) is 7.15. The zero-order chi connectivity index (χ0) is 21.5. The Labute approximate surface area is 182 Å². The standard InChI is InChI=1S/C26H28F2N2O/c27-21-11-9-20(10-12-21)26(29-23-15-13-22(28)14-16-23)25-8-4-17-30(25)18-5-19-31-24-6-2-1-3-7-24/h1-3,6-7,9-16,25-26,29H,4-5,8,17-19H2. The van der Waals surface area contributed by atoms with Gasteiger partial charge in [0.2, 0.25) is 0 Å². The summed E-state index contributed by atoms with van der Waals surface area (Å²) in [6, 6.07) is 23.2. The lowest BCUT2D eigenvalue weighted by molar-refractivity contribution is 0.206. The van der Waals surface area contributed by atoms with E-state index in [2.05, 4.69) is 10.2 Å². The van der Waals surface area contributed by atoms with Crippen molar-refractivity contribution in [2.24, 2.45) is 0 Å². The van der Waals surface area contributed by atoms with Gasteiger partial charge >= 0.3 is 0 Å². The normalized spacial score (nSPS) is 17.4. The minimum absolute atomic E-state index is 0.0106. The number of likely N-dealkylation sites (tertiary alicyclic amines) is 1. The highest BCUT2D eigenvalue weighted by Crippen LogP contribution is 2.32. The summed E-state index contributed by atoms with van der Waals surface area (Å²) < 4.78 is 32.7. The lowest BCUT2D eigenvalue weighted by Crippen LogP contribution is -2.38. The molecule has 0 spiro atoms. The molecule has 1 fully saturated rings. The van der Waals surface area contributed by atoms with Crippen molar-refractivity contribution < 1.29 is 13.5 Å². The Morgan fingerprint density at radius 1 is 0.903 bits per heavy atom. The van der Waals surface area contributed by atoms with Crippen molar-refractivity contribution in [1.82, 2.24) is 4.90 Å². The summed E-state index contributed by atoms with van der Waals surface area (Å²) in [7, 11) is 0. The second kappa shape index (κ2) is 10.4. The van der Waals surface area contributed by atoms with Gasteiger partial charge in [0.15, 0.2) is 0 Å². The fourth-order valence-corrected chi connectivity index (χ4v) is 4.28. The monoisotopic (exact) mass is 422 g/mol. The van der Waals surface area contributed by atoms with Gasteiger partial charge in [-0.1, -0.05) is 30.3 Å². The summed E-state index contributed by atoms with van der Waals surface area (Å²) in [5.41, 5.74) is 1.89. The number of anilines is 1. The van der Waals surface area contributed by atoms with E-state index in [1.165, 1.54) is 24.3 Å². The number of rotatable bonds is 9. The van der Waals surface area contributed by atoms with E-state index in [4.69, 9.17) is 4.74 Å². The maximum Gasteiger partial charge on any atom is 0.123 e. The molecule has 3 aromatic carbocycles. The molecule has 1 saturated heterocycles. The van der Waals surface area contributed by atoms with Crippen LogP contribution in [0.5, 0.6) is 5.75 Å². The third-order valence-corrected chi connectivity index (χ3v) is 5.80. The highest BCUT2D eigenvalue weighted by molar-refractivity contribution is 5.46. The van der Waals surface area contributed by atoms with Crippen molar-refractivity contribution in [3.8, 4) is 5.75 Å². The number of halogens is 2. The van der Waals surface area contributed by atoms with Gasteiger partial charge in [0, 0.05) is 18.3 Å². The van der Waals surface area contributed by atoms with Gasteiger partial charge in [0.25, 0.3) is 0 Å². The molecule has 0 radical (unpaired) electrons. The predicted octanol–water partition coefficient (Wildman–Crippen LogP) is 6.05. The van der Waals surface area contributed by atoms with E-state index in [0.29, 0.717) is 6.61 Å². The van der Waals surface area contributed by atoms with Crippen molar-refractivity contribution in [3.63, 3.8) is 0 Å². The van der Waals surface area contributed by atoms with Gasteiger partial charge in [-0.05, 0) is 79.9 Å². The quantitative estimate of drug-likeness (QED) is 0.425. The molecule has 31 heavy (non-hydrogen) atoms. The fraction of sp³-hybridized carbons (Fsp3) is 0.308. The highest BCUT2D eigenvalue weighted by atomic mass is 19.1. The molecule has 5 heteroatoms. The number of nitrogens with one attached hydrogen (secondary N) is 1. The molecule has 1 aliphatic rings. The number of ether oxygens (including phenoxy) is 1. The van der Waals surface area contributed by atoms with Crippen molar-refractivity contribution in [3.05, 3.63) is 96.1 Å². The minimum atomic E-state index is -0.259. The van der Waals surface area contributed by atoms with Crippen LogP contribution in [0.1, 0.15) is 30.9 Å². The molecule has 0 aromatic heterocycles. The Morgan fingerprint density at radius 3 is 2.29 bits per heavy atom. The Bertz CT molecular complexity index is 932. The van der Waals surface area contributed by atoms with Crippen LogP contribution < -0.4 is 10.1 Å². The Balaban J connectivity index is 1.43. The van der Waals surface area contributed by atoms with Crippen LogP contribution in [0.4, 0.5) is 14.5 Å². The van der Waals surface area contributed by atoms with Gasteiger partial charge in [0.1, 0.15) is 17.4 Å². The average molecular weight is 423 g/mol. The van der Waals surface area contributed by atoms with Crippen molar-refractivity contribution in [2.75, 3.05) is 25.0 Å². The van der Waals surface area contributed by atoms with E-state index in [9.17, 15) is 8.78 Å². The zero-order valence-corrected chi connectivity index (χ0v) is 17.5. The summed E-state index contributed by atoms with van der Waals surface area (Å²) in [6.07, 6.45) is 3.10. The van der Waals surface area contributed by atoms with E-state index >= 15 is 0 Å². The molecule has 3 aromatic rings. The van der Waals surface area contributed by atoms with Crippen molar-refractivity contribution in [2.45, 2.75) is 31.3 Å². The minimum Gasteiger partial charge on any atom is -0.494 e. The molecule has 4 rings (SSSR count). The molecule has 2 unspecified atom stereocenters. The molecule has 3 nitrogen and oxygen atoms in total. The first kappa shape index (κ1) is 21.3. The molecule has 1 heterocycles. The topological polar surface area (TPSA) is 24.5 Å². The average Bonchev–Trinajstić information content (AvgIpc) is 3.26. The van der Waals surface area contributed by atoms with Crippen LogP contribution in [0.3, 0.4) is 0 Å². The first-order valence-electron chi connectivity index (χ1n) is 10.9. The molecule has 0 saturated carbocycles. The summed E-state index contributed by atoms with van der Waals surface area (Å²) in [4.78, 5) is 2.49. The molecule has 2 atom stereocenters. The molecule has 162 valence electrons. The third kappa shape index (κ3) is 5.82. The van der Waals surface area contributed by atoms with Crippen LogP contribution in [-0.4, -0.2) is 30.6 Å². The first-order valence-corrected chi connectivity index (χ1v) is 10.9. The SMILES string of the molecule is Fc1ccc(NC(c2ccc(F)cc2)C2CCCN2CCCOc2ccccc2)cc1. The van der Waals surface area contributed by atoms with Crippen LogP contribution in [0.15, 0.2) is 78.9 Å². The van der Waals surface area contributed by atoms with Gasteiger partial charge in [0.05, 0.1) is 12.6 Å². The van der Waals surface area contributed by atoms with Gasteiger partial charge in [-0.15, -0.1) is 0 Å². The Hall–Kier alpha value is -2.92. The second-order valence-corrected chi connectivity index (χ2v) is 7.94. The second-order valence-electron chi connectivity index (χ2n) is 7.94. The lowest BCUT2D eigenvalue weighted by atomic mass is 9.96. The highest BCUT2D eigenvalue weighted by Gasteiger charge is 2.32. The van der Waals surface area contributed by atoms with E-state index in [-0.39, 0.29) is 23.7 Å². The number of hydrogen-bond donors (Lipinski definition) is 1. The van der Waals surface area contributed by atoms with E-state index in [1.807, 2.05) is 42.5 Å². The maximum absolute atomic E-state index is 13.5. The van der Waals surface area contributed by atoms with Crippen LogP contribution in [0, 0.1) is 11.6 Å². The van der Waals surface area contributed by atoms with E-state index in [1.54, 1.807) is 12.1 Å².